The van der Waals surface area contributed by atoms with Gasteiger partial charge in [0.1, 0.15) is 17.2 Å². The van der Waals surface area contributed by atoms with E-state index in [1.54, 1.807) is 18.2 Å². The zero-order valence-electron chi connectivity index (χ0n) is 17.6. The second-order valence-corrected chi connectivity index (χ2v) is 8.06. The van der Waals surface area contributed by atoms with Crippen LogP contribution in [0.2, 0.25) is 5.02 Å². The quantitative estimate of drug-likeness (QED) is 0.473. The first-order valence-corrected chi connectivity index (χ1v) is 10.5. The number of carbonyl (C=O) groups is 2. The number of ether oxygens (including phenoxy) is 2. The van der Waals surface area contributed by atoms with E-state index in [1.165, 1.54) is 37.3 Å². The molecule has 0 radical (unpaired) electrons. The molecule has 0 saturated heterocycles. The summed E-state index contributed by atoms with van der Waals surface area (Å²) in [6.07, 6.45) is 1.33. The van der Waals surface area contributed by atoms with Crippen molar-refractivity contribution in [3.63, 3.8) is 0 Å². The molecule has 32 heavy (non-hydrogen) atoms. The summed E-state index contributed by atoms with van der Waals surface area (Å²) in [5.41, 5.74) is 1.49. The number of nitrogens with zero attached hydrogens (tertiary/aromatic N) is 2. The lowest BCUT2D eigenvalue weighted by molar-refractivity contribution is -0.384. The Morgan fingerprint density at radius 2 is 1.88 bits per heavy atom. The van der Waals surface area contributed by atoms with Crippen molar-refractivity contribution in [1.82, 2.24) is 0 Å². The van der Waals surface area contributed by atoms with Crippen LogP contribution >= 0.6 is 11.6 Å². The van der Waals surface area contributed by atoms with Crippen molar-refractivity contribution in [2.24, 2.45) is 0 Å². The first-order chi connectivity index (χ1) is 15.3. The van der Waals surface area contributed by atoms with Gasteiger partial charge in [0.25, 0.3) is 5.69 Å². The summed E-state index contributed by atoms with van der Waals surface area (Å²) in [4.78, 5) is 38.9. The predicted molar refractivity (Wildman–Crippen MR) is 118 cm³/mol. The number of anilines is 1. The zero-order chi connectivity index (χ0) is 23.0. The summed E-state index contributed by atoms with van der Waals surface area (Å²) in [7, 11) is 3.06. The minimum absolute atomic E-state index is 0.0338. The van der Waals surface area contributed by atoms with Crippen LogP contribution in [0.25, 0.3) is 0 Å². The molecule has 0 N–H and O–H groups in total. The van der Waals surface area contributed by atoms with Crippen molar-refractivity contribution in [2.45, 2.75) is 31.6 Å². The molecule has 9 heteroatoms. The van der Waals surface area contributed by atoms with Gasteiger partial charge in [-0.1, -0.05) is 11.6 Å². The minimum atomic E-state index is -0.573. The number of amides is 1. The number of hydrogen-bond donors (Lipinski definition) is 0. The third kappa shape index (κ3) is 3.71. The monoisotopic (exact) mass is 456 g/mol. The molecule has 1 heterocycles. The fourth-order valence-corrected chi connectivity index (χ4v) is 4.65. The number of hydrogen-bond acceptors (Lipinski definition) is 6. The van der Waals surface area contributed by atoms with Crippen LogP contribution in [0.1, 0.15) is 37.2 Å². The second-order valence-electron chi connectivity index (χ2n) is 7.62. The number of rotatable bonds is 5. The molecule has 1 aliphatic carbocycles. The van der Waals surface area contributed by atoms with E-state index < -0.39 is 10.8 Å². The number of Topliss-reactive ketones (excluding diaryl/α,β-unsaturated/α-hetero) is 1. The largest absolute Gasteiger partial charge is 0.497 e. The molecule has 1 amide bonds. The summed E-state index contributed by atoms with van der Waals surface area (Å²) in [6, 6.07) is 9.42. The van der Waals surface area contributed by atoms with Crippen molar-refractivity contribution in [3.05, 3.63) is 68.4 Å². The van der Waals surface area contributed by atoms with E-state index in [9.17, 15) is 19.7 Å². The predicted octanol–water partition coefficient (Wildman–Crippen LogP) is 4.79. The van der Waals surface area contributed by atoms with Crippen LogP contribution in [0.15, 0.2) is 47.7 Å². The van der Waals surface area contributed by atoms with Gasteiger partial charge in [0.2, 0.25) is 5.91 Å². The van der Waals surface area contributed by atoms with Crippen molar-refractivity contribution < 1.29 is 24.0 Å². The standard InChI is InChI=1S/C23H21ClN2O6/c1-31-14-7-9-21(32-2)15(11-14)16-12-22(28)25(18-4-3-5-20(27)23(16)18)17-8-6-13(24)10-19(17)26(29)30/h6-11,16H,3-5,12H2,1-2H3. The lowest BCUT2D eigenvalue weighted by Crippen LogP contribution is -2.40. The van der Waals surface area contributed by atoms with E-state index in [4.69, 9.17) is 21.1 Å². The fourth-order valence-electron chi connectivity index (χ4n) is 4.48. The minimum Gasteiger partial charge on any atom is -0.497 e. The Balaban J connectivity index is 1.93. The topological polar surface area (TPSA) is 99.0 Å². The Kier molecular flexibility index (Phi) is 5.88. The van der Waals surface area contributed by atoms with E-state index in [0.717, 1.165) is 0 Å². The van der Waals surface area contributed by atoms with Crippen LogP contribution in [-0.2, 0) is 9.59 Å². The lowest BCUT2D eigenvalue weighted by Gasteiger charge is -2.38. The number of ketones is 1. The van der Waals surface area contributed by atoms with Gasteiger partial charge in [-0.15, -0.1) is 0 Å². The molecule has 0 spiro atoms. The number of methoxy groups -OCH3 is 2. The first kappa shape index (κ1) is 21.8. The maximum absolute atomic E-state index is 13.4. The third-order valence-electron chi connectivity index (χ3n) is 5.86. The van der Waals surface area contributed by atoms with Gasteiger partial charge in [-0.2, -0.15) is 0 Å². The summed E-state index contributed by atoms with van der Waals surface area (Å²) < 4.78 is 10.8. The van der Waals surface area contributed by atoms with Crippen LogP contribution in [0, 0.1) is 10.1 Å². The van der Waals surface area contributed by atoms with E-state index in [1.807, 2.05) is 0 Å². The highest BCUT2D eigenvalue weighted by molar-refractivity contribution is 6.31. The van der Waals surface area contributed by atoms with Gasteiger partial charge >= 0.3 is 0 Å². The highest BCUT2D eigenvalue weighted by atomic mass is 35.5. The smallest absolute Gasteiger partial charge is 0.294 e. The lowest BCUT2D eigenvalue weighted by atomic mass is 9.76. The molecule has 0 saturated carbocycles. The van der Waals surface area contributed by atoms with Gasteiger partial charge in [0.05, 0.1) is 19.1 Å². The molecule has 1 atom stereocenters. The van der Waals surface area contributed by atoms with Crippen LogP contribution < -0.4 is 14.4 Å². The Morgan fingerprint density at radius 3 is 2.56 bits per heavy atom. The summed E-state index contributed by atoms with van der Waals surface area (Å²) in [6.45, 7) is 0. The molecule has 4 rings (SSSR count). The van der Waals surface area contributed by atoms with Gasteiger partial charge < -0.3 is 9.47 Å². The van der Waals surface area contributed by atoms with Crippen LogP contribution in [0.5, 0.6) is 11.5 Å². The van der Waals surface area contributed by atoms with E-state index in [0.29, 0.717) is 47.6 Å². The van der Waals surface area contributed by atoms with Gasteiger partial charge in [0.15, 0.2) is 5.78 Å². The Hall–Kier alpha value is -3.39. The molecule has 2 aliphatic rings. The molecular weight excluding hydrogens is 436 g/mol. The van der Waals surface area contributed by atoms with E-state index >= 15 is 0 Å². The van der Waals surface area contributed by atoms with Crippen LogP contribution in [0.4, 0.5) is 11.4 Å². The molecule has 8 nitrogen and oxygen atoms in total. The number of carbonyl (C=O) groups excluding carboxylic acids is 2. The maximum atomic E-state index is 13.4. The molecule has 1 unspecified atom stereocenters. The van der Waals surface area contributed by atoms with Crippen molar-refractivity contribution >= 4 is 34.7 Å². The number of nitro groups is 1. The summed E-state index contributed by atoms with van der Waals surface area (Å²) >= 11 is 5.96. The van der Waals surface area contributed by atoms with Gasteiger partial charge in [-0.25, -0.2) is 0 Å². The fraction of sp³-hybridized carbons (Fsp3) is 0.304. The van der Waals surface area contributed by atoms with Crippen molar-refractivity contribution in [3.8, 4) is 11.5 Å². The molecule has 2 aromatic rings. The summed E-state index contributed by atoms with van der Waals surface area (Å²) in [5.74, 6) is 0.182. The Morgan fingerprint density at radius 1 is 1.09 bits per heavy atom. The first-order valence-electron chi connectivity index (χ1n) is 10.1. The molecular formula is C23H21ClN2O6. The average molecular weight is 457 g/mol. The van der Waals surface area contributed by atoms with Crippen LogP contribution in [0.3, 0.4) is 0 Å². The summed E-state index contributed by atoms with van der Waals surface area (Å²) in [5, 5.41) is 11.9. The molecule has 166 valence electrons. The second kappa shape index (κ2) is 8.63. The van der Waals surface area contributed by atoms with Gasteiger partial charge in [0, 0.05) is 46.7 Å². The SMILES string of the molecule is COc1ccc(OC)c(C2CC(=O)N(c3ccc(Cl)cc3[N+](=O)[O-])C3=C2C(=O)CCC3)c1. The molecule has 0 aromatic heterocycles. The highest BCUT2D eigenvalue weighted by Crippen LogP contribution is 2.47. The normalized spacial score (nSPS) is 18.5. The average Bonchev–Trinajstić information content (AvgIpc) is 2.78. The maximum Gasteiger partial charge on any atom is 0.294 e. The molecule has 0 fully saturated rings. The molecule has 2 aromatic carbocycles. The van der Waals surface area contributed by atoms with Crippen LogP contribution in [-0.4, -0.2) is 30.8 Å². The Bertz CT molecular complexity index is 1160. The molecule has 1 aliphatic heterocycles. The number of halogens is 1. The van der Waals surface area contributed by atoms with E-state index in [2.05, 4.69) is 0 Å². The van der Waals surface area contributed by atoms with Crippen molar-refractivity contribution in [1.29, 1.82) is 0 Å². The number of nitro benzene ring substituents is 1. The van der Waals surface area contributed by atoms with Gasteiger partial charge in [-0.3, -0.25) is 24.6 Å². The van der Waals surface area contributed by atoms with E-state index in [-0.39, 0.29) is 34.5 Å². The number of benzene rings is 2. The van der Waals surface area contributed by atoms with Crippen molar-refractivity contribution in [2.75, 3.05) is 19.1 Å². The molecule has 0 bridgehead atoms. The Labute approximate surface area is 189 Å². The number of allylic oxidation sites excluding steroid dienone is 2. The third-order valence-corrected chi connectivity index (χ3v) is 6.10. The van der Waals surface area contributed by atoms with Gasteiger partial charge in [-0.05, 0) is 43.2 Å². The highest BCUT2D eigenvalue weighted by Gasteiger charge is 2.42. The zero-order valence-corrected chi connectivity index (χ0v) is 18.3.